The van der Waals surface area contributed by atoms with Crippen LogP contribution in [0.15, 0.2) is 30.3 Å². The molecule has 0 saturated carbocycles. The Labute approximate surface area is 128 Å². The molecule has 0 aliphatic rings. The van der Waals surface area contributed by atoms with Crippen molar-refractivity contribution in [3.05, 3.63) is 35.9 Å². The number of likely N-dealkylation sites (N-methyl/N-ethyl adjacent to an activating group) is 1. The first kappa shape index (κ1) is 18.5. The smallest absolute Gasteiger partial charge is 0.290 e. The van der Waals surface area contributed by atoms with Crippen molar-refractivity contribution < 1.29 is 25.8 Å². The van der Waals surface area contributed by atoms with Gasteiger partial charge >= 0.3 is 15.6 Å². The SMILES string of the molecule is C#CCN(C)[C@H](C)[C@@H](OS(=O)(=O)C(F)(F)F)c1ccccc1. The maximum absolute atomic E-state index is 12.6. The normalized spacial score (nSPS) is 15.3. The van der Waals surface area contributed by atoms with Crippen molar-refractivity contribution in [1.82, 2.24) is 4.90 Å². The van der Waals surface area contributed by atoms with Crippen LogP contribution in [0.4, 0.5) is 13.2 Å². The van der Waals surface area contributed by atoms with E-state index in [4.69, 9.17) is 6.42 Å². The van der Waals surface area contributed by atoms with Crippen molar-refractivity contribution in [1.29, 1.82) is 0 Å². The van der Waals surface area contributed by atoms with E-state index in [2.05, 4.69) is 10.1 Å². The van der Waals surface area contributed by atoms with Crippen molar-refractivity contribution in [3.63, 3.8) is 0 Å². The second-order valence-corrected chi connectivity index (χ2v) is 6.25. The molecule has 0 bridgehead atoms. The molecular formula is C14H16F3NO3S. The van der Waals surface area contributed by atoms with Crippen molar-refractivity contribution in [3.8, 4) is 12.3 Å². The van der Waals surface area contributed by atoms with Crippen molar-refractivity contribution in [2.45, 2.75) is 24.6 Å². The molecule has 1 aromatic carbocycles. The quantitative estimate of drug-likeness (QED) is 0.455. The van der Waals surface area contributed by atoms with Gasteiger partial charge in [0.1, 0.15) is 6.10 Å². The van der Waals surface area contributed by atoms with Crippen LogP contribution in [0, 0.1) is 12.3 Å². The first-order valence-corrected chi connectivity index (χ1v) is 7.69. The molecule has 0 unspecified atom stereocenters. The van der Waals surface area contributed by atoms with E-state index in [0.717, 1.165) is 0 Å². The molecule has 0 radical (unpaired) electrons. The molecule has 0 amide bonds. The van der Waals surface area contributed by atoms with Gasteiger partial charge in [0.2, 0.25) is 0 Å². The minimum atomic E-state index is -5.72. The number of halogens is 3. The van der Waals surface area contributed by atoms with E-state index in [-0.39, 0.29) is 6.54 Å². The zero-order chi connectivity index (χ0) is 17.0. The summed E-state index contributed by atoms with van der Waals surface area (Å²) in [5, 5.41) is 0. The summed E-state index contributed by atoms with van der Waals surface area (Å²) in [6.07, 6.45) is 3.84. The number of terminal acetylenes is 1. The second kappa shape index (κ2) is 7.13. The molecule has 4 nitrogen and oxygen atoms in total. The molecule has 8 heteroatoms. The largest absolute Gasteiger partial charge is 0.523 e. The molecule has 0 aromatic heterocycles. The lowest BCUT2D eigenvalue weighted by molar-refractivity contribution is -0.0602. The maximum atomic E-state index is 12.6. The number of rotatable bonds is 6. The van der Waals surface area contributed by atoms with Crippen LogP contribution >= 0.6 is 0 Å². The third-order valence-electron chi connectivity index (χ3n) is 3.12. The highest BCUT2D eigenvalue weighted by Gasteiger charge is 2.49. The lowest BCUT2D eigenvalue weighted by Gasteiger charge is -2.30. The van der Waals surface area contributed by atoms with Crippen molar-refractivity contribution in [2.75, 3.05) is 13.6 Å². The predicted octanol–water partition coefficient (Wildman–Crippen LogP) is 2.55. The molecular weight excluding hydrogens is 319 g/mol. The van der Waals surface area contributed by atoms with E-state index < -0.39 is 27.8 Å². The maximum Gasteiger partial charge on any atom is 0.523 e. The fourth-order valence-electron chi connectivity index (χ4n) is 1.77. The van der Waals surface area contributed by atoms with E-state index in [9.17, 15) is 21.6 Å². The molecule has 0 heterocycles. The average molecular weight is 335 g/mol. The summed E-state index contributed by atoms with van der Waals surface area (Å²) in [4.78, 5) is 1.53. The van der Waals surface area contributed by atoms with Gasteiger partial charge in [0.05, 0.1) is 6.54 Å². The van der Waals surface area contributed by atoms with Crippen LogP contribution < -0.4 is 0 Å². The van der Waals surface area contributed by atoms with Crippen LogP contribution in [0.3, 0.4) is 0 Å². The molecule has 0 aliphatic carbocycles. The van der Waals surface area contributed by atoms with Gasteiger partial charge in [0.25, 0.3) is 0 Å². The van der Waals surface area contributed by atoms with E-state index in [1.165, 1.54) is 17.0 Å². The molecule has 2 atom stereocenters. The number of hydrogen-bond donors (Lipinski definition) is 0. The van der Waals surface area contributed by atoms with Crippen LogP contribution in [0.25, 0.3) is 0 Å². The fourth-order valence-corrected chi connectivity index (χ4v) is 2.42. The summed E-state index contributed by atoms with van der Waals surface area (Å²) < 4.78 is 64.8. The standard InChI is InChI=1S/C14H16F3NO3S/c1-4-10-18(3)11(2)13(12-8-6-5-7-9-12)21-22(19,20)14(15,16)17/h1,5-9,11,13H,10H2,2-3H3/t11-,13-/m1/s1. The minimum Gasteiger partial charge on any atom is -0.290 e. The fraction of sp³-hybridized carbons (Fsp3) is 0.429. The minimum absolute atomic E-state index is 0.139. The predicted molar refractivity (Wildman–Crippen MR) is 76.2 cm³/mol. The number of alkyl halides is 3. The van der Waals surface area contributed by atoms with Crippen LogP contribution in [0.5, 0.6) is 0 Å². The number of benzene rings is 1. The van der Waals surface area contributed by atoms with Gasteiger partial charge in [-0.1, -0.05) is 36.3 Å². The van der Waals surface area contributed by atoms with Crippen LogP contribution in [0.2, 0.25) is 0 Å². The van der Waals surface area contributed by atoms with Gasteiger partial charge in [-0.15, -0.1) is 6.42 Å². The number of nitrogens with zero attached hydrogens (tertiary/aromatic N) is 1. The summed E-state index contributed by atoms with van der Waals surface area (Å²) in [5.41, 5.74) is -5.17. The topological polar surface area (TPSA) is 46.6 Å². The van der Waals surface area contributed by atoms with E-state index in [0.29, 0.717) is 5.56 Å². The van der Waals surface area contributed by atoms with E-state index >= 15 is 0 Å². The molecule has 1 aromatic rings. The van der Waals surface area contributed by atoms with Gasteiger partial charge in [0, 0.05) is 6.04 Å². The first-order chi connectivity index (χ1) is 10.1. The lowest BCUT2D eigenvalue weighted by Crippen LogP contribution is -2.38. The molecule has 1 rings (SSSR count). The molecule has 0 saturated heterocycles. The molecule has 0 aliphatic heterocycles. The van der Waals surface area contributed by atoms with Gasteiger partial charge in [-0.3, -0.25) is 9.08 Å². The van der Waals surface area contributed by atoms with Crippen LogP contribution in [-0.2, 0) is 14.3 Å². The van der Waals surface area contributed by atoms with Gasteiger partial charge in [0.15, 0.2) is 0 Å². The molecule has 22 heavy (non-hydrogen) atoms. The highest BCUT2D eigenvalue weighted by Crippen LogP contribution is 2.33. The monoisotopic (exact) mass is 335 g/mol. The first-order valence-electron chi connectivity index (χ1n) is 6.28. The third kappa shape index (κ3) is 4.47. The summed E-state index contributed by atoms with van der Waals surface area (Å²) in [6, 6.07) is 7.14. The van der Waals surface area contributed by atoms with Gasteiger partial charge in [-0.05, 0) is 19.5 Å². The Hall–Kier alpha value is -1.56. The zero-order valence-electron chi connectivity index (χ0n) is 12.0. The zero-order valence-corrected chi connectivity index (χ0v) is 12.9. The molecule has 0 spiro atoms. The Morgan fingerprint density at radius 2 is 1.86 bits per heavy atom. The average Bonchev–Trinajstić information content (AvgIpc) is 2.44. The Morgan fingerprint density at radius 3 is 2.32 bits per heavy atom. The number of hydrogen-bond acceptors (Lipinski definition) is 4. The van der Waals surface area contributed by atoms with Crippen LogP contribution in [-0.4, -0.2) is 38.5 Å². The van der Waals surface area contributed by atoms with E-state index in [1.54, 1.807) is 32.2 Å². The van der Waals surface area contributed by atoms with Crippen molar-refractivity contribution >= 4 is 10.1 Å². The molecule has 0 fully saturated rings. The third-order valence-corrected chi connectivity index (χ3v) is 4.14. The molecule has 122 valence electrons. The Morgan fingerprint density at radius 1 is 1.32 bits per heavy atom. The highest BCUT2D eigenvalue weighted by atomic mass is 32.2. The van der Waals surface area contributed by atoms with E-state index in [1.807, 2.05) is 0 Å². The Bertz CT molecular complexity index is 623. The highest BCUT2D eigenvalue weighted by molar-refractivity contribution is 7.87. The molecule has 0 N–H and O–H groups in total. The Balaban J connectivity index is 3.17. The van der Waals surface area contributed by atoms with Gasteiger partial charge in [-0.2, -0.15) is 21.6 Å². The lowest BCUT2D eigenvalue weighted by atomic mass is 10.0. The summed E-state index contributed by atoms with van der Waals surface area (Å²) in [7, 11) is -4.14. The summed E-state index contributed by atoms with van der Waals surface area (Å²) in [5.74, 6) is 2.35. The summed E-state index contributed by atoms with van der Waals surface area (Å²) in [6.45, 7) is 1.68. The second-order valence-electron chi connectivity index (χ2n) is 4.69. The van der Waals surface area contributed by atoms with Crippen LogP contribution in [0.1, 0.15) is 18.6 Å². The van der Waals surface area contributed by atoms with Crippen molar-refractivity contribution in [2.24, 2.45) is 0 Å². The van der Waals surface area contributed by atoms with Gasteiger partial charge in [-0.25, -0.2) is 0 Å². The van der Waals surface area contributed by atoms with Gasteiger partial charge < -0.3 is 0 Å². The Kier molecular flexibility index (Phi) is 6.00. The summed E-state index contributed by atoms with van der Waals surface area (Å²) >= 11 is 0.